The van der Waals surface area contributed by atoms with E-state index in [0.717, 1.165) is 63.2 Å². The zero-order valence-electron chi connectivity index (χ0n) is 17.3. The van der Waals surface area contributed by atoms with Gasteiger partial charge in [-0.3, -0.25) is 14.5 Å². The number of benzene rings is 1. The van der Waals surface area contributed by atoms with Crippen LogP contribution in [0.15, 0.2) is 41.8 Å². The maximum Gasteiger partial charge on any atom is 0.254 e. The summed E-state index contributed by atoms with van der Waals surface area (Å²) in [5.74, 6) is 0.899. The van der Waals surface area contributed by atoms with Crippen LogP contribution in [-0.4, -0.2) is 53.8 Å². The molecule has 0 spiro atoms. The minimum absolute atomic E-state index is 0.149. The highest BCUT2D eigenvalue weighted by Gasteiger charge is 2.38. The fourth-order valence-corrected chi connectivity index (χ4v) is 6.11. The van der Waals surface area contributed by atoms with Crippen LogP contribution in [0.3, 0.4) is 0 Å². The smallest absolute Gasteiger partial charge is 0.254 e. The summed E-state index contributed by atoms with van der Waals surface area (Å²) in [5, 5.41) is 2.15. The maximum atomic E-state index is 13.3. The van der Waals surface area contributed by atoms with Crippen molar-refractivity contribution < 1.29 is 9.59 Å². The highest BCUT2D eigenvalue weighted by atomic mass is 32.1. The number of hydrogen-bond acceptors (Lipinski definition) is 4. The number of fused-ring (bicyclic) bond motifs is 1. The monoisotopic (exact) mass is 423 g/mol. The molecule has 1 aromatic heterocycles. The van der Waals surface area contributed by atoms with Gasteiger partial charge in [-0.15, -0.1) is 11.3 Å². The molecule has 0 saturated carbocycles. The Labute approximate surface area is 182 Å². The summed E-state index contributed by atoms with van der Waals surface area (Å²) >= 11 is 1.83. The van der Waals surface area contributed by atoms with Crippen LogP contribution in [0.4, 0.5) is 5.69 Å². The highest BCUT2D eigenvalue weighted by molar-refractivity contribution is 7.09. The third-order valence-corrected chi connectivity index (χ3v) is 7.73. The second-order valence-electron chi connectivity index (χ2n) is 8.77. The minimum atomic E-state index is 0.149. The third-order valence-electron chi connectivity index (χ3n) is 6.87. The van der Waals surface area contributed by atoms with Crippen LogP contribution >= 0.6 is 11.3 Å². The zero-order chi connectivity index (χ0) is 20.5. The van der Waals surface area contributed by atoms with Gasteiger partial charge in [-0.2, -0.15) is 0 Å². The van der Waals surface area contributed by atoms with Gasteiger partial charge < -0.3 is 9.80 Å². The van der Waals surface area contributed by atoms with Crippen LogP contribution in [0.25, 0.3) is 0 Å². The first-order valence-electron chi connectivity index (χ1n) is 11.2. The Kier molecular flexibility index (Phi) is 5.61. The normalized spacial score (nSPS) is 24.9. The van der Waals surface area contributed by atoms with E-state index in [-0.39, 0.29) is 11.8 Å². The first-order valence-corrected chi connectivity index (χ1v) is 12.0. The first-order chi connectivity index (χ1) is 14.7. The number of nitrogens with zero attached hydrogens (tertiary/aromatic N) is 3. The van der Waals surface area contributed by atoms with E-state index in [2.05, 4.69) is 27.3 Å². The second kappa shape index (κ2) is 8.52. The van der Waals surface area contributed by atoms with Crippen molar-refractivity contribution in [3.05, 3.63) is 52.2 Å². The molecule has 158 valence electrons. The molecule has 1 aromatic carbocycles. The summed E-state index contributed by atoms with van der Waals surface area (Å²) < 4.78 is 0. The molecule has 2 atom stereocenters. The van der Waals surface area contributed by atoms with E-state index in [1.165, 1.54) is 11.3 Å². The van der Waals surface area contributed by atoms with E-state index in [9.17, 15) is 9.59 Å². The number of hydrogen-bond donors (Lipinski definition) is 0. The van der Waals surface area contributed by atoms with Crippen LogP contribution in [0.2, 0.25) is 0 Å². The summed E-state index contributed by atoms with van der Waals surface area (Å²) in [5.41, 5.74) is 1.65. The van der Waals surface area contributed by atoms with Crippen LogP contribution in [0.1, 0.15) is 47.3 Å². The predicted molar refractivity (Wildman–Crippen MR) is 120 cm³/mol. The molecule has 0 aliphatic carbocycles. The molecule has 3 aliphatic rings. The fourth-order valence-electron chi connectivity index (χ4n) is 5.37. The number of likely N-dealkylation sites (tertiary alicyclic amines) is 2. The Morgan fingerprint density at radius 3 is 2.63 bits per heavy atom. The second-order valence-corrected chi connectivity index (χ2v) is 9.80. The predicted octanol–water partition coefficient (Wildman–Crippen LogP) is 4.00. The van der Waals surface area contributed by atoms with Crippen LogP contribution in [-0.2, 0) is 11.3 Å². The Hall–Kier alpha value is -2.18. The van der Waals surface area contributed by atoms with Crippen LogP contribution in [0.5, 0.6) is 0 Å². The molecular weight excluding hydrogens is 394 g/mol. The van der Waals surface area contributed by atoms with Crippen molar-refractivity contribution in [3.8, 4) is 0 Å². The van der Waals surface area contributed by atoms with Gasteiger partial charge in [0.15, 0.2) is 0 Å². The summed E-state index contributed by atoms with van der Waals surface area (Å²) in [6, 6.07) is 12.4. The van der Waals surface area contributed by atoms with Gasteiger partial charge in [0.05, 0.1) is 0 Å². The number of piperidine rings is 2. The average Bonchev–Trinajstić information content (AvgIpc) is 3.44. The standard InChI is InChI=1S/C24H29N3O2S/c28-23-6-2-12-26(23)20-9-7-18(8-10-20)24(29)27-13-1-4-19-16-25(14-11-22(19)27)17-21-5-3-15-30-21/h3,5,7-10,15,19,22H,1-2,4,6,11-14,16-17H2/t19-,22-/m1/s1. The summed E-state index contributed by atoms with van der Waals surface area (Å²) in [4.78, 5) is 33.2. The lowest BCUT2D eigenvalue weighted by atomic mass is 9.83. The van der Waals surface area contributed by atoms with Crippen molar-refractivity contribution in [2.75, 3.05) is 31.1 Å². The molecule has 5 rings (SSSR count). The Balaban J connectivity index is 1.25. The molecular formula is C24H29N3O2S. The highest BCUT2D eigenvalue weighted by Crippen LogP contribution is 2.33. The van der Waals surface area contributed by atoms with Gasteiger partial charge in [-0.05, 0) is 67.3 Å². The molecule has 2 amide bonds. The van der Waals surface area contributed by atoms with Gasteiger partial charge in [0, 0.05) is 61.3 Å². The van der Waals surface area contributed by atoms with Gasteiger partial charge in [-0.25, -0.2) is 0 Å². The zero-order valence-corrected chi connectivity index (χ0v) is 18.2. The number of thiophene rings is 1. The topological polar surface area (TPSA) is 43.9 Å². The molecule has 0 bridgehead atoms. The van der Waals surface area contributed by atoms with E-state index in [1.54, 1.807) is 0 Å². The number of rotatable bonds is 4. The Morgan fingerprint density at radius 2 is 1.90 bits per heavy atom. The molecule has 30 heavy (non-hydrogen) atoms. The van der Waals surface area contributed by atoms with E-state index in [0.29, 0.717) is 18.4 Å². The molecule has 6 heteroatoms. The lowest BCUT2D eigenvalue weighted by Crippen LogP contribution is -2.55. The molecule has 3 saturated heterocycles. The van der Waals surface area contributed by atoms with Crippen molar-refractivity contribution in [3.63, 3.8) is 0 Å². The molecule has 0 N–H and O–H groups in total. The molecule has 5 nitrogen and oxygen atoms in total. The SMILES string of the molecule is O=C1CCCN1c1ccc(C(=O)N2CCC[C@@H]3CN(Cc4cccs4)CC[C@H]32)cc1. The van der Waals surface area contributed by atoms with E-state index in [4.69, 9.17) is 0 Å². The summed E-state index contributed by atoms with van der Waals surface area (Å²) in [6.07, 6.45) is 4.90. The number of carbonyl (C=O) groups is 2. The molecule has 3 fully saturated rings. The van der Waals surface area contributed by atoms with E-state index in [1.807, 2.05) is 40.5 Å². The van der Waals surface area contributed by atoms with E-state index >= 15 is 0 Å². The number of amides is 2. The molecule has 4 heterocycles. The number of carbonyl (C=O) groups excluding carboxylic acids is 2. The Morgan fingerprint density at radius 1 is 1.03 bits per heavy atom. The van der Waals surface area contributed by atoms with Gasteiger partial charge in [0.2, 0.25) is 5.91 Å². The van der Waals surface area contributed by atoms with Gasteiger partial charge in [-0.1, -0.05) is 6.07 Å². The van der Waals surface area contributed by atoms with Crippen molar-refractivity contribution in [1.29, 1.82) is 0 Å². The summed E-state index contributed by atoms with van der Waals surface area (Å²) in [7, 11) is 0. The van der Waals surface area contributed by atoms with Crippen molar-refractivity contribution in [2.24, 2.45) is 5.92 Å². The molecule has 0 radical (unpaired) electrons. The minimum Gasteiger partial charge on any atom is -0.335 e. The van der Waals surface area contributed by atoms with E-state index < -0.39 is 0 Å². The van der Waals surface area contributed by atoms with Gasteiger partial charge >= 0.3 is 0 Å². The Bertz CT molecular complexity index is 896. The number of anilines is 1. The fraction of sp³-hybridized carbons (Fsp3) is 0.500. The first kappa shape index (κ1) is 19.8. The third kappa shape index (κ3) is 3.91. The molecule has 3 aliphatic heterocycles. The molecule has 2 aromatic rings. The quantitative estimate of drug-likeness (QED) is 0.747. The van der Waals surface area contributed by atoms with Crippen molar-refractivity contribution >= 4 is 28.8 Å². The van der Waals surface area contributed by atoms with Gasteiger partial charge in [0.25, 0.3) is 5.91 Å². The lowest BCUT2D eigenvalue weighted by Gasteiger charge is -2.47. The maximum absolute atomic E-state index is 13.3. The summed E-state index contributed by atoms with van der Waals surface area (Å²) in [6.45, 7) is 4.81. The average molecular weight is 424 g/mol. The van der Waals surface area contributed by atoms with Crippen molar-refractivity contribution in [2.45, 2.75) is 44.7 Å². The largest absolute Gasteiger partial charge is 0.335 e. The molecule has 0 unspecified atom stereocenters. The van der Waals surface area contributed by atoms with Crippen molar-refractivity contribution in [1.82, 2.24) is 9.80 Å². The van der Waals surface area contributed by atoms with Crippen LogP contribution in [0, 0.1) is 5.92 Å². The van der Waals surface area contributed by atoms with Gasteiger partial charge in [0.1, 0.15) is 0 Å². The van der Waals surface area contributed by atoms with Crippen LogP contribution < -0.4 is 4.90 Å². The lowest BCUT2D eigenvalue weighted by molar-refractivity contribution is -0.117.